The summed E-state index contributed by atoms with van der Waals surface area (Å²) in [7, 11) is -3.31. The first kappa shape index (κ1) is 13.9. The van der Waals surface area contributed by atoms with Gasteiger partial charge in [0.2, 0.25) is 0 Å². The summed E-state index contributed by atoms with van der Waals surface area (Å²) in [5.41, 5.74) is 0. The van der Waals surface area contributed by atoms with E-state index in [1.807, 2.05) is 0 Å². The molecule has 90 valence electrons. The summed E-state index contributed by atoms with van der Waals surface area (Å²) in [4.78, 5) is 12.2. The van der Waals surface area contributed by atoms with Crippen molar-refractivity contribution in [1.82, 2.24) is 0 Å². The molecule has 0 aliphatic heterocycles. The average molecular weight is 325 g/mol. The number of hydrogen-bond donors (Lipinski definition) is 0. The van der Waals surface area contributed by atoms with Crippen molar-refractivity contribution >= 4 is 42.9 Å². The first-order valence-electron chi connectivity index (χ1n) is 4.87. The van der Waals surface area contributed by atoms with Gasteiger partial charge in [0.15, 0.2) is 15.6 Å². The first-order valence-corrected chi connectivity index (χ1v) is 8.19. The average Bonchev–Trinajstić information content (AvgIpc) is 2.63. The fourth-order valence-corrected chi connectivity index (χ4v) is 3.84. The molecule has 1 unspecified atom stereocenters. The zero-order chi connectivity index (χ0) is 12.3. The number of sulfone groups is 1. The second-order valence-corrected chi connectivity index (χ2v) is 8.44. The van der Waals surface area contributed by atoms with Crippen LogP contribution in [-0.4, -0.2) is 25.2 Å². The highest BCUT2D eigenvalue weighted by molar-refractivity contribution is 9.11. The summed E-state index contributed by atoms with van der Waals surface area (Å²) < 4.78 is 24.3. The molecule has 0 aromatic carbocycles. The molecular weight excluding hydrogens is 312 g/mol. The lowest BCUT2D eigenvalue weighted by Crippen LogP contribution is -2.24. The van der Waals surface area contributed by atoms with Crippen LogP contribution in [0.3, 0.4) is 0 Å². The van der Waals surface area contributed by atoms with Gasteiger partial charge in [0.05, 0.1) is 13.9 Å². The van der Waals surface area contributed by atoms with Crippen molar-refractivity contribution < 1.29 is 13.2 Å². The minimum absolute atomic E-state index is 0.323. The largest absolute Gasteiger partial charge is 0.292 e. The van der Waals surface area contributed by atoms with Gasteiger partial charge in [-0.05, 0) is 41.4 Å². The van der Waals surface area contributed by atoms with E-state index >= 15 is 0 Å². The Morgan fingerprint density at radius 1 is 1.50 bits per heavy atom. The van der Waals surface area contributed by atoms with Crippen molar-refractivity contribution in [3.63, 3.8) is 0 Å². The molecule has 1 heterocycles. The summed E-state index contributed by atoms with van der Waals surface area (Å²) in [6.45, 7) is 3.43. The van der Waals surface area contributed by atoms with E-state index < -0.39 is 20.8 Å². The van der Waals surface area contributed by atoms with Crippen LogP contribution in [0.2, 0.25) is 0 Å². The maximum absolute atomic E-state index is 11.7. The van der Waals surface area contributed by atoms with Crippen molar-refractivity contribution in [2.45, 2.75) is 25.5 Å². The molecule has 0 N–H and O–H groups in total. The Morgan fingerprint density at radius 2 is 2.12 bits per heavy atom. The van der Waals surface area contributed by atoms with Gasteiger partial charge in [-0.15, -0.1) is 11.3 Å². The van der Waals surface area contributed by atoms with E-state index in [1.165, 1.54) is 11.3 Å². The Hall–Kier alpha value is -0.200. The third-order valence-corrected chi connectivity index (χ3v) is 6.26. The molecule has 16 heavy (non-hydrogen) atoms. The van der Waals surface area contributed by atoms with Crippen molar-refractivity contribution in [3.05, 3.63) is 20.8 Å². The van der Waals surface area contributed by atoms with Gasteiger partial charge in [0.1, 0.15) is 5.75 Å². The van der Waals surface area contributed by atoms with Crippen LogP contribution in [0, 0.1) is 0 Å². The molecule has 3 nitrogen and oxygen atoms in total. The highest BCUT2D eigenvalue weighted by Crippen LogP contribution is 2.23. The van der Waals surface area contributed by atoms with Crippen molar-refractivity contribution in [1.29, 1.82) is 0 Å². The fraction of sp³-hybridized carbons (Fsp3) is 0.500. The van der Waals surface area contributed by atoms with Crippen LogP contribution in [-0.2, 0) is 9.84 Å². The van der Waals surface area contributed by atoms with Gasteiger partial charge in [-0.2, -0.15) is 0 Å². The van der Waals surface area contributed by atoms with Gasteiger partial charge >= 0.3 is 0 Å². The molecule has 0 aliphatic carbocycles. The molecule has 0 saturated carbocycles. The fourth-order valence-electron chi connectivity index (χ4n) is 1.11. The predicted molar refractivity (Wildman–Crippen MR) is 69.9 cm³/mol. The van der Waals surface area contributed by atoms with E-state index in [9.17, 15) is 13.2 Å². The molecule has 0 saturated heterocycles. The predicted octanol–water partition coefficient (Wildman–Crippen LogP) is 2.91. The van der Waals surface area contributed by atoms with E-state index in [1.54, 1.807) is 26.0 Å². The summed E-state index contributed by atoms with van der Waals surface area (Å²) in [6.07, 6.45) is 0.531. The van der Waals surface area contributed by atoms with Crippen LogP contribution in [0.25, 0.3) is 0 Å². The molecule has 0 amide bonds. The topological polar surface area (TPSA) is 51.2 Å². The van der Waals surface area contributed by atoms with Crippen LogP contribution >= 0.6 is 27.3 Å². The highest BCUT2D eigenvalue weighted by Gasteiger charge is 2.24. The number of Topliss-reactive ketones (excluding diaryl/α,β-unsaturated/α-hetero) is 1. The third kappa shape index (κ3) is 3.40. The van der Waals surface area contributed by atoms with E-state index in [-0.39, 0.29) is 5.78 Å². The van der Waals surface area contributed by atoms with E-state index in [4.69, 9.17) is 0 Å². The molecule has 0 fully saturated rings. The maximum atomic E-state index is 11.7. The number of thiophene rings is 1. The van der Waals surface area contributed by atoms with Gasteiger partial charge in [-0.3, -0.25) is 4.79 Å². The van der Waals surface area contributed by atoms with E-state index in [2.05, 4.69) is 15.9 Å². The molecule has 1 aromatic rings. The standard InChI is InChI=1S/C10H13BrO3S2/c1-3-7(2)16(13,14)6-8(12)9-4-5-10(11)15-9/h4-5,7H,3,6H2,1-2H3. The number of hydrogen-bond acceptors (Lipinski definition) is 4. The number of carbonyl (C=O) groups excluding carboxylic acids is 1. The highest BCUT2D eigenvalue weighted by atomic mass is 79.9. The van der Waals surface area contributed by atoms with Crippen LogP contribution in [0.4, 0.5) is 0 Å². The van der Waals surface area contributed by atoms with Crippen LogP contribution in [0.5, 0.6) is 0 Å². The molecule has 0 spiro atoms. The van der Waals surface area contributed by atoms with Gasteiger partial charge in [0, 0.05) is 0 Å². The Kier molecular flexibility index (Phi) is 4.70. The molecule has 0 aliphatic rings. The first-order chi connectivity index (χ1) is 7.36. The number of halogens is 1. The van der Waals surface area contributed by atoms with E-state index in [0.717, 1.165) is 3.79 Å². The molecule has 1 rings (SSSR count). The second kappa shape index (κ2) is 5.42. The van der Waals surface area contributed by atoms with Crippen molar-refractivity contribution in [2.75, 3.05) is 5.75 Å². The third-order valence-electron chi connectivity index (χ3n) is 2.37. The lowest BCUT2D eigenvalue weighted by molar-refractivity contribution is 0.102. The Bertz CT molecular complexity index is 476. The lowest BCUT2D eigenvalue weighted by atomic mass is 10.3. The quantitative estimate of drug-likeness (QED) is 0.782. The molecular formula is C10H13BrO3S2. The van der Waals surface area contributed by atoms with Gasteiger partial charge in [0.25, 0.3) is 0 Å². The second-order valence-electron chi connectivity index (χ2n) is 3.55. The SMILES string of the molecule is CCC(C)S(=O)(=O)CC(=O)c1ccc(Br)s1. The molecule has 0 radical (unpaired) electrons. The minimum Gasteiger partial charge on any atom is -0.292 e. The molecule has 1 aromatic heterocycles. The summed E-state index contributed by atoms with van der Waals surface area (Å²) in [6, 6.07) is 3.39. The zero-order valence-electron chi connectivity index (χ0n) is 9.07. The van der Waals surface area contributed by atoms with Crippen molar-refractivity contribution in [3.8, 4) is 0 Å². The van der Waals surface area contributed by atoms with Gasteiger partial charge in [-0.1, -0.05) is 6.92 Å². The van der Waals surface area contributed by atoms with E-state index in [0.29, 0.717) is 11.3 Å². The smallest absolute Gasteiger partial charge is 0.187 e. The Morgan fingerprint density at radius 3 is 2.56 bits per heavy atom. The van der Waals surface area contributed by atoms with Gasteiger partial charge in [-0.25, -0.2) is 8.42 Å². The minimum atomic E-state index is -3.31. The summed E-state index contributed by atoms with van der Waals surface area (Å²) in [5, 5.41) is -0.458. The number of rotatable bonds is 5. The summed E-state index contributed by atoms with van der Waals surface area (Å²) >= 11 is 4.50. The number of ketones is 1. The normalized spacial score (nSPS) is 13.7. The molecule has 1 atom stereocenters. The van der Waals surface area contributed by atoms with Crippen LogP contribution in [0.1, 0.15) is 29.9 Å². The molecule has 6 heteroatoms. The number of carbonyl (C=O) groups is 1. The Labute approximate surface area is 108 Å². The zero-order valence-corrected chi connectivity index (χ0v) is 12.3. The monoisotopic (exact) mass is 324 g/mol. The molecule has 0 bridgehead atoms. The Balaban J connectivity index is 2.79. The maximum Gasteiger partial charge on any atom is 0.187 e. The van der Waals surface area contributed by atoms with Gasteiger partial charge < -0.3 is 0 Å². The van der Waals surface area contributed by atoms with Crippen molar-refractivity contribution in [2.24, 2.45) is 0 Å². The lowest BCUT2D eigenvalue weighted by Gasteiger charge is -2.08. The van der Waals surface area contributed by atoms with Crippen LogP contribution in [0.15, 0.2) is 15.9 Å². The van der Waals surface area contributed by atoms with Crippen LogP contribution < -0.4 is 0 Å². The summed E-state index contributed by atoms with van der Waals surface area (Å²) in [5.74, 6) is -0.717.